The number of hydrogen-bond acceptors (Lipinski definition) is 5. The zero-order valence-corrected chi connectivity index (χ0v) is 12.8. The average Bonchev–Trinajstić information content (AvgIpc) is 3.13. The standard InChI is InChI=1S/C15H24N4O3/c20-14(21)13-12(9-16-17-13)10-18-7-3-15(22,4-8-18)11-19-5-1-2-6-19/h9,22H,1-8,10-11H2,(H,16,17)(H,20,21). The highest BCUT2D eigenvalue weighted by molar-refractivity contribution is 5.86. The zero-order chi connectivity index (χ0) is 15.6. The van der Waals surface area contributed by atoms with Gasteiger partial charge in [-0.15, -0.1) is 0 Å². The number of piperidine rings is 1. The fourth-order valence-electron chi connectivity index (χ4n) is 3.50. The van der Waals surface area contributed by atoms with Crippen LogP contribution in [-0.2, 0) is 6.54 Å². The molecule has 2 saturated heterocycles. The van der Waals surface area contributed by atoms with Crippen LogP contribution in [0, 0.1) is 0 Å². The van der Waals surface area contributed by atoms with E-state index in [1.54, 1.807) is 6.20 Å². The molecule has 0 saturated carbocycles. The van der Waals surface area contributed by atoms with Crippen molar-refractivity contribution in [1.82, 2.24) is 20.0 Å². The quantitative estimate of drug-likeness (QED) is 0.735. The number of aromatic amines is 1. The first kappa shape index (κ1) is 15.5. The first-order chi connectivity index (χ1) is 10.6. The molecule has 2 aliphatic heterocycles. The number of hydrogen-bond donors (Lipinski definition) is 3. The summed E-state index contributed by atoms with van der Waals surface area (Å²) in [5, 5.41) is 26.2. The molecule has 2 aliphatic rings. The van der Waals surface area contributed by atoms with Gasteiger partial charge in [0.25, 0.3) is 0 Å². The molecule has 1 aromatic heterocycles. The summed E-state index contributed by atoms with van der Waals surface area (Å²) in [5.41, 5.74) is 0.280. The minimum atomic E-state index is -0.977. The van der Waals surface area contributed by atoms with E-state index >= 15 is 0 Å². The normalized spacial score (nSPS) is 23.0. The van der Waals surface area contributed by atoms with Crippen LogP contribution < -0.4 is 0 Å². The first-order valence-corrected chi connectivity index (χ1v) is 7.98. The molecule has 3 rings (SSSR count). The largest absolute Gasteiger partial charge is 0.477 e. The molecule has 3 N–H and O–H groups in total. The second-order valence-corrected chi connectivity index (χ2v) is 6.56. The van der Waals surface area contributed by atoms with Crippen LogP contribution in [-0.4, -0.2) is 74.5 Å². The van der Waals surface area contributed by atoms with Crippen LogP contribution in [0.15, 0.2) is 6.20 Å². The number of aromatic nitrogens is 2. The lowest BCUT2D eigenvalue weighted by Gasteiger charge is -2.40. The lowest BCUT2D eigenvalue weighted by atomic mass is 9.90. The number of carbonyl (C=O) groups is 1. The number of H-pyrrole nitrogens is 1. The van der Waals surface area contributed by atoms with Gasteiger partial charge in [0.1, 0.15) is 5.69 Å². The maximum Gasteiger partial charge on any atom is 0.354 e. The molecule has 22 heavy (non-hydrogen) atoms. The Bertz CT molecular complexity index is 517. The summed E-state index contributed by atoms with van der Waals surface area (Å²) in [6, 6.07) is 0. The zero-order valence-electron chi connectivity index (χ0n) is 12.8. The van der Waals surface area contributed by atoms with Crippen molar-refractivity contribution in [3.8, 4) is 0 Å². The van der Waals surface area contributed by atoms with Crippen LogP contribution >= 0.6 is 0 Å². The molecule has 0 spiro atoms. The Morgan fingerprint density at radius 1 is 1.23 bits per heavy atom. The van der Waals surface area contributed by atoms with E-state index in [0.29, 0.717) is 12.1 Å². The minimum absolute atomic E-state index is 0.165. The molecule has 0 radical (unpaired) electrons. The highest BCUT2D eigenvalue weighted by Gasteiger charge is 2.34. The molecule has 122 valence electrons. The van der Waals surface area contributed by atoms with Gasteiger partial charge in [0.15, 0.2) is 0 Å². The fraction of sp³-hybridized carbons (Fsp3) is 0.733. The Kier molecular flexibility index (Phi) is 4.46. The topological polar surface area (TPSA) is 92.7 Å². The third-order valence-corrected chi connectivity index (χ3v) is 4.83. The third-order valence-electron chi connectivity index (χ3n) is 4.83. The Labute approximate surface area is 129 Å². The third kappa shape index (κ3) is 3.48. The van der Waals surface area contributed by atoms with Crippen LogP contribution in [0.25, 0.3) is 0 Å². The molecular weight excluding hydrogens is 284 g/mol. The molecule has 0 unspecified atom stereocenters. The van der Waals surface area contributed by atoms with Crippen molar-refractivity contribution in [3.05, 3.63) is 17.5 Å². The smallest absolute Gasteiger partial charge is 0.354 e. The second kappa shape index (κ2) is 6.36. The average molecular weight is 308 g/mol. The molecule has 3 heterocycles. The van der Waals surface area contributed by atoms with Crippen molar-refractivity contribution in [2.24, 2.45) is 0 Å². The van der Waals surface area contributed by atoms with Gasteiger partial charge in [0.2, 0.25) is 0 Å². The Hall–Kier alpha value is -1.44. The Balaban J connectivity index is 1.52. The lowest BCUT2D eigenvalue weighted by molar-refractivity contribution is -0.0430. The van der Waals surface area contributed by atoms with Crippen molar-refractivity contribution < 1.29 is 15.0 Å². The van der Waals surface area contributed by atoms with Gasteiger partial charge in [-0.25, -0.2) is 4.79 Å². The van der Waals surface area contributed by atoms with Crippen LogP contribution in [0.3, 0.4) is 0 Å². The molecule has 0 amide bonds. The number of likely N-dealkylation sites (tertiary alicyclic amines) is 2. The summed E-state index contributed by atoms with van der Waals surface area (Å²) in [6.45, 7) is 5.11. The molecule has 7 heteroatoms. The van der Waals surface area contributed by atoms with E-state index in [4.69, 9.17) is 5.11 Å². The van der Waals surface area contributed by atoms with E-state index in [0.717, 1.165) is 45.6 Å². The van der Waals surface area contributed by atoms with E-state index in [-0.39, 0.29) is 5.69 Å². The molecule has 0 bridgehead atoms. The van der Waals surface area contributed by atoms with Gasteiger partial charge in [-0.3, -0.25) is 10.00 Å². The molecule has 0 aliphatic carbocycles. The minimum Gasteiger partial charge on any atom is -0.477 e. The van der Waals surface area contributed by atoms with Crippen molar-refractivity contribution in [2.45, 2.75) is 37.8 Å². The maximum atomic E-state index is 11.1. The summed E-state index contributed by atoms with van der Waals surface area (Å²) in [6.07, 6.45) is 5.53. The number of carboxylic acid groups (broad SMARTS) is 1. The number of aliphatic hydroxyl groups is 1. The SMILES string of the molecule is O=C(O)c1[nH]ncc1CN1CCC(O)(CN2CCCC2)CC1. The van der Waals surface area contributed by atoms with Crippen LogP contribution in [0.1, 0.15) is 41.7 Å². The summed E-state index contributed by atoms with van der Waals surface area (Å²) >= 11 is 0. The number of β-amino-alcohol motifs (C(OH)–C–C–N with tert-alkyl or cyclic N) is 1. The number of carboxylic acids is 1. The Morgan fingerprint density at radius 2 is 1.91 bits per heavy atom. The monoisotopic (exact) mass is 308 g/mol. The van der Waals surface area contributed by atoms with E-state index in [9.17, 15) is 9.90 Å². The van der Waals surface area contributed by atoms with E-state index in [2.05, 4.69) is 20.0 Å². The molecule has 7 nitrogen and oxygen atoms in total. The van der Waals surface area contributed by atoms with Crippen LogP contribution in [0.4, 0.5) is 0 Å². The van der Waals surface area contributed by atoms with Gasteiger partial charge in [-0.2, -0.15) is 5.10 Å². The van der Waals surface area contributed by atoms with Crippen LogP contribution in [0.5, 0.6) is 0 Å². The molecule has 1 aromatic rings. The van der Waals surface area contributed by atoms with Gasteiger partial charge in [0.05, 0.1) is 11.8 Å². The summed E-state index contributed by atoms with van der Waals surface area (Å²) < 4.78 is 0. The van der Waals surface area contributed by atoms with Crippen molar-refractivity contribution in [2.75, 3.05) is 32.7 Å². The number of nitrogens with zero attached hydrogens (tertiary/aromatic N) is 3. The van der Waals surface area contributed by atoms with Crippen molar-refractivity contribution in [3.63, 3.8) is 0 Å². The van der Waals surface area contributed by atoms with Gasteiger partial charge < -0.3 is 15.1 Å². The number of aromatic carboxylic acids is 1. The molecule has 0 aromatic carbocycles. The van der Waals surface area contributed by atoms with E-state index in [1.165, 1.54) is 12.8 Å². The second-order valence-electron chi connectivity index (χ2n) is 6.56. The first-order valence-electron chi connectivity index (χ1n) is 7.98. The van der Waals surface area contributed by atoms with Crippen molar-refractivity contribution in [1.29, 1.82) is 0 Å². The van der Waals surface area contributed by atoms with Gasteiger partial charge in [-0.1, -0.05) is 0 Å². The van der Waals surface area contributed by atoms with E-state index in [1.807, 2.05) is 0 Å². The summed E-state index contributed by atoms with van der Waals surface area (Å²) in [4.78, 5) is 15.6. The number of nitrogens with one attached hydrogen (secondary N) is 1. The maximum absolute atomic E-state index is 11.1. The number of rotatable bonds is 5. The summed E-state index contributed by atoms with van der Waals surface area (Å²) in [5.74, 6) is -0.977. The predicted octanol–water partition coefficient (Wildman–Crippen LogP) is 0.531. The highest BCUT2D eigenvalue weighted by Crippen LogP contribution is 2.26. The lowest BCUT2D eigenvalue weighted by Crippen LogP contribution is -2.50. The van der Waals surface area contributed by atoms with Gasteiger partial charge in [-0.05, 0) is 38.8 Å². The molecule has 0 atom stereocenters. The summed E-state index contributed by atoms with van der Waals surface area (Å²) in [7, 11) is 0. The van der Waals surface area contributed by atoms with Gasteiger partial charge >= 0.3 is 5.97 Å². The van der Waals surface area contributed by atoms with Crippen LogP contribution in [0.2, 0.25) is 0 Å². The Morgan fingerprint density at radius 3 is 2.55 bits per heavy atom. The van der Waals surface area contributed by atoms with E-state index < -0.39 is 11.6 Å². The molecular formula is C15H24N4O3. The predicted molar refractivity (Wildman–Crippen MR) is 80.7 cm³/mol. The highest BCUT2D eigenvalue weighted by atomic mass is 16.4. The fourth-order valence-corrected chi connectivity index (χ4v) is 3.50. The van der Waals surface area contributed by atoms with Crippen molar-refractivity contribution >= 4 is 5.97 Å². The molecule has 2 fully saturated rings. The van der Waals surface area contributed by atoms with Gasteiger partial charge in [0, 0.05) is 31.7 Å².